The largest absolute Gasteiger partial charge is 0.480 e. The summed E-state index contributed by atoms with van der Waals surface area (Å²) in [7, 11) is 1.80. The van der Waals surface area contributed by atoms with Gasteiger partial charge in [-0.15, -0.1) is 0 Å². The maximum atomic E-state index is 12.1. The maximum Gasteiger partial charge on any atom is 0.338 e. The molecule has 0 amide bonds. The van der Waals surface area contributed by atoms with E-state index in [1.165, 1.54) is 0 Å². The Morgan fingerprint density at radius 3 is 2.67 bits per heavy atom. The van der Waals surface area contributed by atoms with Gasteiger partial charge < -0.3 is 20.1 Å². The van der Waals surface area contributed by atoms with Crippen LogP contribution in [0.15, 0.2) is 42.5 Å². The highest BCUT2D eigenvalue weighted by molar-refractivity contribution is 5.90. The lowest BCUT2D eigenvalue weighted by molar-refractivity contribution is -0.138. The third-order valence-electron chi connectivity index (χ3n) is 5.89. The van der Waals surface area contributed by atoms with Crippen molar-refractivity contribution in [3.63, 3.8) is 0 Å². The number of carboxylic acid groups (broad SMARTS) is 1. The Balaban J connectivity index is 1.91. The Morgan fingerprint density at radius 1 is 1.27 bits per heavy atom. The number of rotatable bonds is 6. The van der Waals surface area contributed by atoms with E-state index >= 15 is 0 Å². The van der Waals surface area contributed by atoms with Gasteiger partial charge in [0.05, 0.1) is 18.2 Å². The van der Waals surface area contributed by atoms with Crippen molar-refractivity contribution in [1.82, 2.24) is 0 Å². The first-order valence-corrected chi connectivity index (χ1v) is 10.3. The van der Waals surface area contributed by atoms with Gasteiger partial charge in [0.2, 0.25) is 0 Å². The van der Waals surface area contributed by atoms with Crippen LogP contribution in [0.2, 0.25) is 0 Å². The molecule has 0 saturated heterocycles. The third kappa shape index (κ3) is 4.27. The Kier molecular flexibility index (Phi) is 6.06. The highest BCUT2D eigenvalue weighted by atomic mass is 16.5. The molecule has 3 rings (SSSR count). The van der Waals surface area contributed by atoms with Crippen LogP contribution >= 0.6 is 0 Å². The fraction of sp³-hybridized carbons (Fsp3) is 0.417. The number of carbonyl (C=O) groups is 2. The van der Waals surface area contributed by atoms with Crippen LogP contribution in [0.4, 0.5) is 11.4 Å². The Labute approximate surface area is 177 Å². The highest BCUT2D eigenvalue weighted by Gasteiger charge is 2.36. The summed E-state index contributed by atoms with van der Waals surface area (Å²) < 4.78 is 5.13. The fourth-order valence-electron chi connectivity index (χ4n) is 4.01. The van der Waals surface area contributed by atoms with E-state index in [1.807, 2.05) is 24.3 Å². The Bertz CT molecular complexity index is 954. The van der Waals surface area contributed by atoms with E-state index in [9.17, 15) is 14.7 Å². The van der Waals surface area contributed by atoms with Crippen molar-refractivity contribution in [2.24, 2.45) is 5.41 Å². The van der Waals surface area contributed by atoms with Gasteiger partial charge in [0.1, 0.15) is 6.04 Å². The van der Waals surface area contributed by atoms with Gasteiger partial charge in [0.15, 0.2) is 0 Å². The van der Waals surface area contributed by atoms with Gasteiger partial charge in [-0.2, -0.15) is 0 Å². The van der Waals surface area contributed by atoms with Crippen LogP contribution in [0.25, 0.3) is 0 Å². The molecule has 160 valence electrons. The minimum atomic E-state index is -0.856. The Morgan fingerprint density at radius 2 is 2.00 bits per heavy atom. The van der Waals surface area contributed by atoms with E-state index in [4.69, 9.17) is 4.74 Å². The molecule has 0 radical (unpaired) electrons. The van der Waals surface area contributed by atoms with Crippen LogP contribution in [0.3, 0.4) is 0 Å². The topological polar surface area (TPSA) is 78.9 Å². The van der Waals surface area contributed by atoms with Crippen LogP contribution in [0.5, 0.6) is 0 Å². The SMILES string of the molecule is CCOC(=O)c1ccc2c(c1)CC(C)(C)C(c1cccc(N(C)C(C)C(=O)O)c1)N2. The summed E-state index contributed by atoms with van der Waals surface area (Å²) in [4.78, 5) is 25.2. The molecule has 0 aliphatic carbocycles. The number of carbonyl (C=O) groups excluding carboxylic acids is 1. The van der Waals surface area contributed by atoms with Crippen molar-refractivity contribution in [2.45, 2.75) is 46.2 Å². The molecular formula is C24H30N2O4. The van der Waals surface area contributed by atoms with Crippen molar-refractivity contribution < 1.29 is 19.4 Å². The van der Waals surface area contributed by atoms with E-state index in [0.717, 1.165) is 28.9 Å². The first-order chi connectivity index (χ1) is 14.1. The van der Waals surface area contributed by atoms with Gasteiger partial charge in [0.25, 0.3) is 0 Å². The second-order valence-electron chi connectivity index (χ2n) is 8.56. The van der Waals surface area contributed by atoms with Crippen LogP contribution in [-0.2, 0) is 16.0 Å². The first-order valence-electron chi connectivity index (χ1n) is 10.3. The number of carboxylic acids is 1. The number of hydrogen-bond donors (Lipinski definition) is 2. The molecular weight excluding hydrogens is 380 g/mol. The zero-order chi connectivity index (χ0) is 22.1. The van der Waals surface area contributed by atoms with Crippen molar-refractivity contribution in [3.05, 3.63) is 59.2 Å². The zero-order valence-electron chi connectivity index (χ0n) is 18.2. The van der Waals surface area contributed by atoms with Gasteiger partial charge >= 0.3 is 11.9 Å². The smallest absolute Gasteiger partial charge is 0.338 e. The molecule has 0 fully saturated rings. The van der Waals surface area contributed by atoms with Crippen molar-refractivity contribution in [1.29, 1.82) is 0 Å². The second-order valence-corrected chi connectivity index (χ2v) is 8.56. The predicted octanol–water partition coefficient (Wildman–Crippen LogP) is 4.51. The highest BCUT2D eigenvalue weighted by Crippen LogP contribution is 2.45. The normalized spacial score (nSPS) is 18.0. The summed E-state index contributed by atoms with van der Waals surface area (Å²) in [5, 5.41) is 13.0. The number of benzene rings is 2. The van der Waals surface area contributed by atoms with E-state index in [2.05, 4.69) is 31.3 Å². The predicted molar refractivity (Wildman–Crippen MR) is 118 cm³/mol. The summed E-state index contributed by atoms with van der Waals surface area (Å²) >= 11 is 0. The lowest BCUT2D eigenvalue weighted by Gasteiger charge is -2.41. The molecule has 0 saturated carbocycles. The number of nitrogens with zero attached hydrogens (tertiary/aromatic N) is 1. The second kappa shape index (κ2) is 8.38. The quantitative estimate of drug-likeness (QED) is 0.682. The molecule has 0 bridgehead atoms. The fourth-order valence-corrected chi connectivity index (χ4v) is 4.01. The number of nitrogens with one attached hydrogen (secondary N) is 1. The molecule has 0 spiro atoms. The molecule has 2 N–H and O–H groups in total. The first kappa shape index (κ1) is 21.7. The van der Waals surface area contributed by atoms with Gasteiger partial charge in [0, 0.05) is 18.4 Å². The number of likely N-dealkylation sites (N-methyl/N-ethyl adjacent to an activating group) is 1. The summed E-state index contributed by atoms with van der Waals surface area (Å²) in [6.45, 7) is 8.22. The van der Waals surface area contributed by atoms with E-state index in [0.29, 0.717) is 12.2 Å². The Hall–Kier alpha value is -3.02. The molecule has 6 heteroatoms. The van der Waals surface area contributed by atoms with Crippen molar-refractivity contribution >= 4 is 23.3 Å². The molecule has 6 nitrogen and oxygen atoms in total. The van der Waals surface area contributed by atoms with Crippen LogP contribution in [0, 0.1) is 5.41 Å². The average molecular weight is 411 g/mol. The molecule has 2 atom stereocenters. The van der Waals surface area contributed by atoms with E-state index in [1.54, 1.807) is 31.9 Å². The molecule has 30 heavy (non-hydrogen) atoms. The molecule has 1 heterocycles. The number of anilines is 2. The number of aliphatic carboxylic acids is 1. The molecule has 2 aromatic rings. The van der Waals surface area contributed by atoms with Crippen LogP contribution in [-0.4, -0.2) is 36.7 Å². The molecule has 0 aromatic heterocycles. The number of hydrogen-bond acceptors (Lipinski definition) is 5. The van der Waals surface area contributed by atoms with Gasteiger partial charge in [-0.3, -0.25) is 0 Å². The summed E-state index contributed by atoms with van der Waals surface area (Å²) in [5.41, 5.74) is 4.51. The number of fused-ring (bicyclic) bond motifs is 1. The summed E-state index contributed by atoms with van der Waals surface area (Å²) in [6, 6.07) is 13.1. The number of ether oxygens (including phenoxy) is 1. The minimum absolute atomic E-state index is 0.0481. The van der Waals surface area contributed by atoms with Crippen molar-refractivity contribution in [2.75, 3.05) is 23.9 Å². The molecule has 1 aliphatic heterocycles. The van der Waals surface area contributed by atoms with Crippen LogP contribution < -0.4 is 10.2 Å². The monoisotopic (exact) mass is 410 g/mol. The molecule has 2 aromatic carbocycles. The molecule has 1 aliphatic rings. The standard InChI is InChI=1S/C24H30N2O4/c1-6-30-23(29)17-10-11-20-18(12-17)14-24(3,4)21(25-20)16-8-7-9-19(13-16)26(5)15(2)22(27)28/h7-13,15,21,25H,6,14H2,1-5H3,(H,27,28). The zero-order valence-corrected chi connectivity index (χ0v) is 18.2. The van der Waals surface area contributed by atoms with E-state index < -0.39 is 12.0 Å². The lowest BCUT2D eigenvalue weighted by atomic mass is 9.72. The molecule has 2 unspecified atom stereocenters. The van der Waals surface area contributed by atoms with Gasteiger partial charge in [-0.25, -0.2) is 9.59 Å². The third-order valence-corrected chi connectivity index (χ3v) is 5.89. The maximum absolute atomic E-state index is 12.1. The number of esters is 1. The van der Waals surface area contributed by atoms with Gasteiger partial charge in [-0.1, -0.05) is 26.0 Å². The van der Waals surface area contributed by atoms with Crippen LogP contribution in [0.1, 0.15) is 55.2 Å². The van der Waals surface area contributed by atoms with E-state index in [-0.39, 0.29) is 17.4 Å². The van der Waals surface area contributed by atoms with Crippen molar-refractivity contribution in [3.8, 4) is 0 Å². The lowest BCUT2D eigenvalue weighted by Crippen LogP contribution is -2.37. The summed E-state index contributed by atoms with van der Waals surface area (Å²) in [5.74, 6) is -1.16. The minimum Gasteiger partial charge on any atom is -0.480 e. The average Bonchev–Trinajstić information content (AvgIpc) is 2.71. The van der Waals surface area contributed by atoms with Gasteiger partial charge in [-0.05, 0) is 67.1 Å². The summed E-state index contributed by atoms with van der Waals surface area (Å²) in [6.07, 6.45) is 0.804.